The predicted octanol–water partition coefficient (Wildman–Crippen LogP) is 3.89. The van der Waals surface area contributed by atoms with Gasteiger partial charge in [0.2, 0.25) is 10.4 Å². The Morgan fingerprint density at radius 2 is 1.85 bits per heavy atom. The lowest BCUT2D eigenvalue weighted by Crippen LogP contribution is -2.39. The van der Waals surface area contributed by atoms with Crippen molar-refractivity contribution in [3.8, 4) is 6.07 Å². The summed E-state index contributed by atoms with van der Waals surface area (Å²) in [5.74, 6) is 0. The molecule has 3 rings (SSSR count). The normalized spacial score (nSPS) is 12.9. The molecule has 0 aromatic heterocycles. The fourth-order valence-electron chi connectivity index (χ4n) is 3.07. The SMILES string of the molecule is CCN(CCC#N)c1ccc(N=Nc2cc(Cl)cc3c2N(C)NN3C)cc1.COS(=O)(=O)[O-]. The molecule has 0 spiro atoms. The van der Waals surface area contributed by atoms with Crippen LogP contribution in [-0.4, -0.2) is 47.3 Å². The Bertz CT molecular complexity index is 1120. The second kappa shape index (κ2) is 11.8. The molecule has 0 fully saturated rings. The van der Waals surface area contributed by atoms with Crippen LogP contribution in [0.4, 0.5) is 28.4 Å². The van der Waals surface area contributed by atoms with Crippen molar-refractivity contribution in [2.45, 2.75) is 13.3 Å². The summed E-state index contributed by atoms with van der Waals surface area (Å²) in [6.07, 6.45) is 0.505. The molecule has 1 aliphatic heterocycles. The van der Waals surface area contributed by atoms with Gasteiger partial charge < -0.3 is 9.45 Å². The number of halogens is 1. The van der Waals surface area contributed by atoms with Gasteiger partial charge in [-0.05, 0) is 43.3 Å². The van der Waals surface area contributed by atoms with E-state index in [1.165, 1.54) is 0 Å². The lowest BCUT2D eigenvalue weighted by Gasteiger charge is -2.21. The highest BCUT2D eigenvalue weighted by Crippen LogP contribution is 2.43. The average Bonchev–Trinajstić information content (AvgIpc) is 3.06. The van der Waals surface area contributed by atoms with Crippen molar-refractivity contribution in [1.29, 1.82) is 5.26 Å². The molecular formula is C20H25ClN7O4S-. The second-order valence-electron chi connectivity index (χ2n) is 6.79. The first kappa shape index (κ1) is 26.3. The first-order chi connectivity index (χ1) is 15.6. The van der Waals surface area contributed by atoms with Crippen molar-refractivity contribution in [1.82, 2.24) is 5.53 Å². The van der Waals surface area contributed by atoms with Crippen LogP contribution in [0.3, 0.4) is 0 Å². The zero-order chi connectivity index (χ0) is 24.6. The molecule has 0 bridgehead atoms. The Labute approximate surface area is 198 Å². The Kier molecular flexibility index (Phi) is 9.39. The number of nitriles is 1. The van der Waals surface area contributed by atoms with Crippen molar-refractivity contribution in [2.75, 3.05) is 49.2 Å². The van der Waals surface area contributed by atoms with Crippen molar-refractivity contribution >= 4 is 50.4 Å². The van der Waals surface area contributed by atoms with E-state index < -0.39 is 10.4 Å². The van der Waals surface area contributed by atoms with Gasteiger partial charge in [0.1, 0.15) is 11.4 Å². The topological polar surface area (TPSA) is 137 Å². The average molecular weight is 495 g/mol. The lowest BCUT2D eigenvalue weighted by molar-refractivity contribution is 0.314. The number of fused-ring (bicyclic) bond motifs is 1. The van der Waals surface area contributed by atoms with Crippen molar-refractivity contribution in [3.63, 3.8) is 0 Å². The molecule has 0 saturated heterocycles. The van der Waals surface area contributed by atoms with Crippen LogP contribution >= 0.6 is 11.6 Å². The molecule has 11 nitrogen and oxygen atoms in total. The number of anilines is 3. The van der Waals surface area contributed by atoms with Gasteiger partial charge in [-0.25, -0.2) is 8.42 Å². The number of rotatable bonds is 7. The quantitative estimate of drug-likeness (QED) is 0.345. The second-order valence-corrected chi connectivity index (χ2v) is 8.38. The van der Waals surface area contributed by atoms with Crippen molar-refractivity contribution < 1.29 is 17.2 Å². The van der Waals surface area contributed by atoms with Crippen LogP contribution in [0.5, 0.6) is 0 Å². The standard InChI is InChI=1S/C19H22ClN7.CH4O4S/c1-4-27(11-5-10-21)16-8-6-15(7-9-16)22-23-17-12-14(20)13-18-19(17)26(3)24-25(18)2;1-5-6(2,3)4/h6-9,12-13,24H,4-5,11H2,1-3H3;1H3,(H,2,3,4)/p-1. The maximum Gasteiger partial charge on any atom is 0.217 e. The zero-order valence-corrected chi connectivity index (χ0v) is 20.3. The maximum atomic E-state index is 9.22. The van der Waals surface area contributed by atoms with Gasteiger partial charge in [-0.3, -0.25) is 14.2 Å². The molecule has 178 valence electrons. The van der Waals surface area contributed by atoms with E-state index in [9.17, 15) is 13.0 Å². The number of nitrogens with zero attached hydrogens (tertiary/aromatic N) is 6. The Morgan fingerprint density at radius 3 is 2.39 bits per heavy atom. The smallest absolute Gasteiger partial charge is 0.217 e. The monoisotopic (exact) mass is 494 g/mol. The summed E-state index contributed by atoms with van der Waals surface area (Å²) in [5.41, 5.74) is 7.57. The first-order valence-electron chi connectivity index (χ1n) is 9.82. The van der Waals surface area contributed by atoms with Crippen LogP contribution in [0.2, 0.25) is 5.02 Å². The third kappa shape index (κ3) is 7.55. The first-order valence-corrected chi connectivity index (χ1v) is 11.5. The van der Waals surface area contributed by atoms with E-state index in [2.05, 4.69) is 37.8 Å². The molecule has 1 N–H and O–H groups in total. The van der Waals surface area contributed by atoms with E-state index in [1.807, 2.05) is 54.4 Å². The number of hydrazine groups is 2. The molecule has 2 aromatic rings. The van der Waals surface area contributed by atoms with Crippen molar-refractivity contribution in [2.24, 2.45) is 10.2 Å². The van der Waals surface area contributed by atoms with Gasteiger partial charge in [-0.2, -0.15) is 10.4 Å². The highest BCUT2D eigenvalue weighted by Gasteiger charge is 2.24. The maximum absolute atomic E-state index is 9.22. The van der Waals surface area contributed by atoms with Gasteiger partial charge in [-0.1, -0.05) is 11.6 Å². The van der Waals surface area contributed by atoms with Gasteiger partial charge in [0.25, 0.3) is 0 Å². The minimum atomic E-state index is -4.41. The van der Waals surface area contributed by atoms with Crippen molar-refractivity contribution in [3.05, 3.63) is 41.4 Å². The number of nitrogens with one attached hydrogen (secondary N) is 1. The van der Waals surface area contributed by atoms with Gasteiger partial charge in [0, 0.05) is 37.9 Å². The van der Waals surface area contributed by atoms with Gasteiger partial charge in [0.05, 0.1) is 31.0 Å². The summed E-state index contributed by atoms with van der Waals surface area (Å²) >= 11 is 6.23. The third-order valence-corrected chi connectivity index (χ3v) is 5.23. The molecule has 1 heterocycles. The van der Waals surface area contributed by atoms with Crippen LogP contribution < -0.4 is 20.5 Å². The Morgan fingerprint density at radius 1 is 1.21 bits per heavy atom. The van der Waals surface area contributed by atoms with E-state index >= 15 is 0 Å². The minimum Gasteiger partial charge on any atom is -0.726 e. The Balaban J connectivity index is 0.000000569. The number of benzene rings is 2. The van der Waals surface area contributed by atoms with Crippen LogP contribution in [0, 0.1) is 11.3 Å². The van der Waals surface area contributed by atoms with E-state index in [0.717, 1.165) is 42.9 Å². The molecule has 2 aromatic carbocycles. The fraction of sp³-hybridized carbons (Fsp3) is 0.350. The van der Waals surface area contributed by atoms with E-state index in [0.29, 0.717) is 17.1 Å². The van der Waals surface area contributed by atoms with Crippen LogP contribution in [0.25, 0.3) is 0 Å². The van der Waals surface area contributed by atoms with Gasteiger partial charge in [0.15, 0.2) is 0 Å². The van der Waals surface area contributed by atoms with Crippen LogP contribution in [0.1, 0.15) is 13.3 Å². The third-order valence-electron chi connectivity index (χ3n) is 4.60. The van der Waals surface area contributed by atoms with Crippen LogP contribution in [0.15, 0.2) is 46.6 Å². The summed E-state index contributed by atoms with van der Waals surface area (Å²) < 4.78 is 31.0. The molecule has 0 radical (unpaired) electrons. The molecule has 0 saturated carbocycles. The largest absolute Gasteiger partial charge is 0.726 e. The van der Waals surface area contributed by atoms with E-state index in [1.54, 1.807) is 6.07 Å². The molecule has 1 aliphatic rings. The minimum absolute atomic E-state index is 0.505. The van der Waals surface area contributed by atoms with Gasteiger partial charge >= 0.3 is 0 Å². The zero-order valence-electron chi connectivity index (χ0n) is 18.7. The van der Waals surface area contributed by atoms with Crippen LogP contribution in [-0.2, 0) is 14.6 Å². The van der Waals surface area contributed by atoms with E-state index in [-0.39, 0.29) is 0 Å². The molecule has 0 aliphatic carbocycles. The molecule has 0 amide bonds. The summed E-state index contributed by atoms with van der Waals surface area (Å²) in [6.45, 7) is 3.64. The summed E-state index contributed by atoms with van der Waals surface area (Å²) in [7, 11) is 0.238. The summed E-state index contributed by atoms with van der Waals surface area (Å²) in [6, 6.07) is 13.7. The van der Waals surface area contributed by atoms with Gasteiger partial charge in [-0.15, -0.1) is 10.6 Å². The molecule has 33 heavy (non-hydrogen) atoms. The summed E-state index contributed by atoms with van der Waals surface area (Å²) in [5, 5.41) is 21.9. The molecule has 0 atom stereocenters. The highest BCUT2D eigenvalue weighted by molar-refractivity contribution is 7.80. The predicted molar refractivity (Wildman–Crippen MR) is 127 cm³/mol. The highest BCUT2D eigenvalue weighted by atomic mass is 35.5. The number of azo groups is 1. The lowest BCUT2D eigenvalue weighted by atomic mass is 10.2. The molecular weight excluding hydrogens is 470 g/mol. The number of hydrogen-bond acceptors (Lipinski definition) is 11. The number of hydrogen-bond donors (Lipinski definition) is 1. The fourth-order valence-corrected chi connectivity index (χ4v) is 3.28. The Hall–Kier alpha value is -2.95. The van der Waals surface area contributed by atoms with E-state index in [4.69, 9.17) is 16.9 Å². The molecule has 13 heteroatoms. The summed E-state index contributed by atoms with van der Waals surface area (Å²) in [4.78, 5) is 2.16. The molecule has 0 unspecified atom stereocenters.